The van der Waals surface area contributed by atoms with Crippen LogP contribution in [-0.2, 0) is 19.8 Å². The lowest BCUT2D eigenvalue weighted by atomic mass is 9.97. The first-order valence-electron chi connectivity index (χ1n) is 6.96. The maximum atomic E-state index is 13.0. The van der Waals surface area contributed by atoms with Gasteiger partial charge in [0.1, 0.15) is 13.2 Å². The Bertz CT molecular complexity index is 384. The van der Waals surface area contributed by atoms with Crippen molar-refractivity contribution in [2.75, 3.05) is 19.0 Å². The Morgan fingerprint density at radius 1 is 1.30 bits per heavy atom. The SMILES string of the molecule is CC1(C)CO[P+]([O-])([C@H]2[C@H](SC(C)(C)C)CCS2=O)OC1. The van der Waals surface area contributed by atoms with Gasteiger partial charge in [0.25, 0.3) is 7.94 Å². The topological polar surface area (TPSA) is 58.6 Å². The van der Waals surface area contributed by atoms with E-state index in [4.69, 9.17) is 9.05 Å². The van der Waals surface area contributed by atoms with Gasteiger partial charge in [0.05, 0.1) is 16.0 Å². The molecule has 0 aromatic rings. The predicted octanol–water partition coefficient (Wildman–Crippen LogP) is 2.56. The van der Waals surface area contributed by atoms with Crippen molar-refractivity contribution >= 4 is 30.5 Å². The summed E-state index contributed by atoms with van der Waals surface area (Å²) >= 11 is 1.74. The molecule has 20 heavy (non-hydrogen) atoms. The van der Waals surface area contributed by atoms with E-state index in [1.807, 2.05) is 13.8 Å². The second-order valence-corrected chi connectivity index (χ2v) is 13.5. The van der Waals surface area contributed by atoms with E-state index in [1.54, 1.807) is 11.8 Å². The van der Waals surface area contributed by atoms with Crippen molar-refractivity contribution in [2.24, 2.45) is 5.41 Å². The zero-order chi connectivity index (χ0) is 15.2. The summed E-state index contributed by atoms with van der Waals surface area (Å²) in [6, 6.07) is 0. The fourth-order valence-corrected chi connectivity index (χ4v) is 9.94. The first kappa shape index (κ1) is 17.2. The minimum Gasteiger partial charge on any atom is -0.630 e. The summed E-state index contributed by atoms with van der Waals surface area (Å²) in [5.41, 5.74) is -0.124. The van der Waals surface area contributed by atoms with Gasteiger partial charge in [-0.1, -0.05) is 34.6 Å². The van der Waals surface area contributed by atoms with Gasteiger partial charge in [-0.2, -0.15) is 0 Å². The van der Waals surface area contributed by atoms with Crippen molar-refractivity contribution in [3.63, 3.8) is 0 Å². The molecule has 0 spiro atoms. The number of thioether (sulfide) groups is 1. The van der Waals surface area contributed by atoms with Crippen LogP contribution < -0.4 is 4.89 Å². The zero-order valence-corrected chi connectivity index (χ0v) is 15.4. The minimum atomic E-state index is -3.26. The monoisotopic (exact) mass is 340 g/mol. The maximum Gasteiger partial charge on any atom is 0.254 e. The largest absolute Gasteiger partial charge is 0.630 e. The van der Waals surface area contributed by atoms with Crippen LogP contribution in [0.4, 0.5) is 0 Å². The summed E-state index contributed by atoms with van der Waals surface area (Å²) < 4.78 is 23.6. The van der Waals surface area contributed by atoms with Crippen LogP contribution in [0.15, 0.2) is 0 Å². The fraction of sp³-hybridized carbons (Fsp3) is 1.00. The zero-order valence-electron chi connectivity index (χ0n) is 12.9. The van der Waals surface area contributed by atoms with E-state index in [-0.39, 0.29) is 15.4 Å². The van der Waals surface area contributed by atoms with Crippen molar-refractivity contribution in [1.29, 1.82) is 0 Å². The van der Waals surface area contributed by atoms with Gasteiger partial charge in [0.2, 0.25) is 4.99 Å². The molecular formula is C13H25O4PS2. The summed E-state index contributed by atoms with van der Waals surface area (Å²) in [5.74, 6) is 0.596. The number of hydrogen-bond acceptors (Lipinski definition) is 5. The molecule has 0 radical (unpaired) electrons. The van der Waals surface area contributed by atoms with Gasteiger partial charge in [-0.3, -0.25) is 4.21 Å². The molecule has 0 amide bonds. The molecule has 0 bridgehead atoms. The average molecular weight is 340 g/mol. The predicted molar refractivity (Wildman–Crippen MR) is 85.2 cm³/mol. The molecule has 2 rings (SSSR count). The second-order valence-electron chi connectivity index (χ2n) is 7.28. The first-order chi connectivity index (χ1) is 9.03. The van der Waals surface area contributed by atoms with Gasteiger partial charge in [0, 0.05) is 15.9 Å². The van der Waals surface area contributed by atoms with Gasteiger partial charge in [0.15, 0.2) is 0 Å². The van der Waals surface area contributed by atoms with Gasteiger partial charge in [-0.05, 0) is 6.42 Å². The van der Waals surface area contributed by atoms with Crippen molar-refractivity contribution in [2.45, 2.75) is 56.0 Å². The molecule has 0 aromatic carbocycles. The van der Waals surface area contributed by atoms with Crippen LogP contribution in [0.5, 0.6) is 0 Å². The third-order valence-corrected chi connectivity index (χ3v) is 10.1. The molecule has 0 aromatic heterocycles. The molecule has 2 heterocycles. The number of hydrogen-bond donors (Lipinski definition) is 0. The minimum absolute atomic E-state index is 0.0473. The molecule has 3 atom stereocenters. The fourth-order valence-electron chi connectivity index (χ4n) is 2.34. The van der Waals surface area contributed by atoms with Crippen LogP contribution in [-0.4, -0.2) is 38.2 Å². The van der Waals surface area contributed by atoms with E-state index >= 15 is 0 Å². The quantitative estimate of drug-likeness (QED) is 0.723. The lowest BCUT2D eigenvalue weighted by molar-refractivity contribution is -0.234. The molecule has 2 saturated heterocycles. The molecule has 4 nitrogen and oxygen atoms in total. The van der Waals surface area contributed by atoms with Crippen molar-refractivity contribution in [1.82, 2.24) is 0 Å². The third-order valence-electron chi connectivity index (χ3n) is 3.28. The highest BCUT2D eigenvalue weighted by atomic mass is 32.2. The van der Waals surface area contributed by atoms with E-state index in [2.05, 4.69) is 20.8 Å². The Kier molecular flexibility index (Phi) is 4.97. The summed E-state index contributed by atoms with van der Waals surface area (Å²) in [7, 11) is -4.38. The molecule has 118 valence electrons. The Labute approximate surface area is 129 Å². The summed E-state index contributed by atoms with van der Waals surface area (Å²) in [4.78, 5) is 12.5. The smallest absolute Gasteiger partial charge is 0.254 e. The van der Waals surface area contributed by atoms with Gasteiger partial charge in [-0.15, -0.1) is 11.8 Å². The summed E-state index contributed by atoms with van der Waals surface area (Å²) in [5, 5.41) is 0.0860. The summed E-state index contributed by atoms with van der Waals surface area (Å²) in [6.45, 7) is 11.2. The highest BCUT2D eigenvalue weighted by molar-refractivity contribution is 8.04. The highest BCUT2D eigenvalue weighted by Gasteiger charge is 2.57. The van der Waals surface area contributed by atoms with Gasteiger partial charge in [-0.25, -0.2) is 9.05 Å². The van der Waals surface area contributed by atoms with Gasteiger partial charge >= 0.3 is 0 Å². The van der Waals surface area contributed by atoms with E-state index in [1.165, 1.54) is 0 Å². The van der Waals surface area contributed by atoms with E-state index in [9.17, 15) is 9.10 Å². The van der Waals surface area contributed by atoms with Crippen LogP contribution in [0.2, 0.25) is 0 Å². The maximum absolute atomic E-state index is 13.0. The third kappa shape index (κ3) is 3.96. The Balaban J connectivity index is 2.14. The number of rotatable bonds is 2. The van der Waals surface area contributed by atoms with Crippen LogP contribution in [0.25, 0.3) is 0 Å². The second kappa shape index (κ2) is 5.78. The molecule has 0 saturated carbocycles. The van der Waals surface area contributed by atoms with Crippen LogP contribution in [0.3, 0.4) is 0 Å². The Hall–Kier alpha value is 0.810. The van der Waals surface area contributed by atoms with E-state index in [0.29, 0.717) is 19.0 Å². The van der Waals surface area contributed by atoms with Crippen molar-refractivity contribution in [3.8, 4) is 0 Å². The normalized spacial score (nSPS) is 37.0. The van der Waals surface area contributed by atoms with Crippen LogP contribution in [0.1, 0.15) is 41.0 Å². The molecular weight excluding hydrogens is 315 g/mol. The lowest BCUT2D eigenvalue weighted by Gasteiger charge is -2.42. The lowest BCUT2D eigenvalue weighted by Crippen LogP contribution is -2.42. The van der Waals surface area contributed by atoms with Crippen LogP contribution >= 0.6 is 19.7 Å². The average Bonchev–Trinajstić information content (AvgIpc) is 2.63. The molecule has 0 aliphatic carbocycles. The molecule has 2 aliphatic heterocycles. The van der Waals surface area contributed by atoms with Crippen molar-refractivity contribution < 1.29 is 18.1 Å². The molecule has 2 aliphatic rings. The van der Waals surface area contributed by atoms with E-state index < -0.39 is 23.7 Å². The van der Waals surface area contributed by atoms with E-state index in [0.717, 1.165) is 6.42 Å². The Morgan fingerprint density at radius 2 is 1.85 bits per heavy atom. The standard InChI is InChI=1S/C13H25O4PS2/c1-12(2,3)19-10-6-7-20(15)11(10)18(14)16-8-13(4,5)9-17-18/h10-11H,6-9H2,1-5H3/t10-,11-,20?/m1/s1. The first-order valence-corrected chi connectivity index (χ1v) is 10.8. The summed E-state index contributed by atoms with van der Waals surface area (Å²) in [6.07, 6.45) is 0.819. The molecule has 7 heteroatoms. The van der Waals surface area contributed by atoms with Gasteiger partial charge < -0.3 is 4.89 Å². The van der Waals surface area contributed by atoms with Crippen LogP contribution in [0, 0.1) is 5.41 Å². The Morgan fingerprint density at radius 3 is 2.35 bits per heavy atom. The molecule has 1 unspecified atom stereocenters. The molecule has 0 N–H and O–H groups in total. The highest BCUT2D eigenvalue weighted by Crippen LogP contribution is 2.66. The van der Waals surface area contributed by atoms with Crippen molar-refractivity contribution in [3.05, 3.63) is 0 Å². The molecule has 2 fully saturated rings.